The number of hydrogen-bond acceptors (Lipinski definition) is 8. The molecule has 7 rings (SSSR count). The quantitative estimate of drug-likeness (QED) is 0.0778. The standard InChI is InChI=1S/C19H15BrCl2N2O3.C19H17BrCl2N2O2.C4H8O.CH3.BrH.Mg/c1-2-26-19(25)17-10-13(11-27-14-8-6-12(20)7-9-14)24(23-17)18-15(21)4-3-5-16(18)22;1-19(2,25)17-10-13(11-26-14-8-6-12(20)7-9-14)24(23-17)18-15(21)4-3-5-16(18)22;1-2-4-5-3-1;;;/h3-10H,2,11H2,1H3;3-10,25H,11H2,1-2H3;1-4H2;1H3;1H;/q;;;-1;;+2/p-1. The van der Waals surface area contributed by atoms with Crippen LogP contribution in [0.4, 0.5) is 0 Å². The predicted molar refractivity (Wildman–Crippen MR) is 248 cm³/mol. The average molecular weight is 1120 g/mol. The summed E-state index contributed by atoms with van der Waals surface area (Å²) in [4.78, 5) is 12.1. The molecule has 3 heterocycles. The fourth-order valence-corrected chi connectivity index (χ4v) is 6.95. The molecule has 61 heavy (non-hydrogen) atoms. The van der Waals surface area contributed by atoms with Gasteiger partial charge in [-0.15, -0.1) is 0 Å². The van der Waals surface area contributed by atoms with Crippen LogP contribution in [0, 0.1) is 7.43 Å². The van der Waals surface area contributed by atoms with Gasteiger partial charge in [-0.05, 0) is 119 Å². The van der Waals surface area contributed by atoms with Crippen molar-refractivity contribution in [3.05, 3.63) is 156 Å². The monoisotopic (exact) mass is 1110 g/mol. The number of para-hydroxylation sites is 2. The molecule has 0 radical (unpaired) electrons. The second-order valence-corrected chi connectivity index (χ2v) is 16.6. The minimum Gasteiger partial charge on any atom is -1.00 e. The number of carbonyl (C=O) groups is 1. The maximum atomic E-state index is 12.1. The second-order valence-electron chi connectivity index (χ2n) is 13.1. The summed E-state index contributed by atoms with van der Waals surface area (Å²) in [6.07, 6.45) is 2.56. The molecular weight excluding hydrogens is 1070 g/mol. The maximum absolute atomic E-state index is 12.1. The van der Waals surface area contributed by atoms with Gasteiger partial charge in [-0.1, -0.05) is 90.4 Å². The third-order valence-corrected chi connectivity index (χ3v) is 10.5. The van der Waals surface area contributed by atoms with E-state index >= 15 is 0 Å². The number of esters is 1. The van der Waals surface area contributed by atoms with Crippen molar-refractivity contribution in [3.8, 4) is 22.9 Å². The van der Waals surface area contributed by atoms with Crippen molar-refractivity contribution in [1.29, 1.82) is 0 Å². The molecular formula is C43H43Br3Cl4MgN4O6. The van der Waals surface area contributed by atoms with Crippen LogP contribution in [0.5, 0.6) is 11.5 Å². The number of hydrogen-bond donors (Lipinski definition) is 1. The van der Waals surface area contributed by atoms with E-state index < -0.39 is 11.6 Å². The van der Waals surface area contributed by atoms with Crippen molar-refractivity contribution in [1.82, 2.24) is 19.6 Å². The Hall–Kier alpha value is -2.34. The summed E-state index contributed by atoms with van der Waals surface area (Å²) < 4.78 is 26.7. The Morgan fingerprint density at radius 2 is 1.15 bits per heavy atom. The first-order valence-electron chi connectivity index (χ1n) is 18.1. The first-order chi connectivity index (χ1) is 27.7. The van der Waals surface area contributed by atoms with Crippen LogP contribution in [0.25, 0.3) is 11.4 Å². The molecule has 1 aliphatic rings. The van der Waals surface area contributed by atoms with E-state index in [9.17, 15) is 9.90 Å². The summed E-state index contributed by atoms with van der Waals surface area (Å²) in [6, 6.07) is 28.8. The van der Waals surface area contributed by atoms with Crippen LogP contribution in [-0.2, 0) is 28.3 Å². The maximum Gasteiger partial charge on any atom is 2.00 e. The molecule has 0 aliphatic carbocycles. The summed E-state index contributed by atoms with van der Waals surface area (Å²) in [7, 11) is 0. The Bertz CT molecular complexity index is 2240. The van der Waals surface area contributed by atoms with Crippen molar-refractivity contribution in [2.24, 2.45) is 0 Å². The van der Waals surface area contributed by atoms with Gasteiger partial charge in [0.1, 0.15) is 41.7 Å². The van der Waals surface area contributed by atoms with Gasteiger partial charge >= 0.3 is 29.0 Å². The van der Waals surface area contributed by atoms with Gasteiger partial charge in [0, 0.05) is 22.2 Å². The van der Waals surface area contributed by atoms with E-state index in [-0.39, 0.29) is 73.0 Å². The van der Waals surface area contributed by atoms with Crippen LogP contribution in [0.2, 0.25) is 20.1 Å². The Kier molecular flexibility index (Phi) is 23.8. The van der Waals surface area contributed by atoms with E-state index in [4.69, 9.17) is 65.4 Å². The first-order valence-corrected chi connectivity index (χ1v) is 21.2. The van der Waals surface area contributed by atoms with Gasteiger partial charge in [0.15, 0.2) is 5.69 Å². The fourth-order valence-electron chi connectivity index (χ4n) is 5.31. The molecule has 4 aromatic carbocycles. The summed E-state index contributed by atoms with van der Waals surface area (Å²) >= 11 is 32.1. The van der Waals surface area contributed by atoms with Gasteiger partial charge < -0.3 is 48.5 Å². The Labute approximate surface area is 420 Å². The molecule has 0 saturated carbocycles. The number of benzene rings is 4. The molecule has 322 valence electrons. The van der Waals surface area contributed by atoms with Gasteiger partial charge in [-0.2, -0.15) is 10.2 Å². The zero-order valence-electron chi connectivity index (χ0n) is 33.8. The minimum atomic E-state index is -1.11. The molecule has 0 atom stereocenters. The molecule has 2 aromatic heterocycles. The van der Waals surface area contributed by atoms with Crippen LogP contribution < -0.4 is 26.5 Å². The topological polar surface area (TPSA) is 110 Å². The van der Waals surface area contributed by atoms with E-state index in [1.807, 2.05) is 48.5 Å². The summed E-state index contributed by atoms with van der Waals surface area (Å²) in [6.45, 7) is 7.74. The van der Waals surface area contributed by atoms with Crippen molar-refractivity contribution in [2.75, 3.05) is 19.8 Å². The van der Waals surface area contributed by atoms with Gasteiger partial charge in [-0.3, -0.25) is 0 Å². The van der Waals surface area contributed by atoms with Crippen LogP contribution in [0.3, 0.4) is 0 Å². The molecule has 0 unspecified atom stereocenters. The van der Waals surface area contributed by atoms with E-state index in [0.29, 0.717) is 48.6 Å². The SMILES string of the molecule is C1CCOC1.CC(C)(O)c1cc(COc2ccc(Br)cc2)n(-c2c(Cl)cccc2Cl)n1.CCOC(=O)c1cc(COc2ccc(Br)cc2)n(-c2c(Cl)cccc2Cl)n1.[Br-].[CH3-].[Mg+2]. The number of rotatable bonds is 11. The molecule has 0 bridgehead atoms. The van der Waals surface area contributed by atoms with Crippen molar-refractivity contribution < 1.29 is 45.8 Å². The second kappa shape index (κ2) is 26.4. The average Bonchev–Trinajstić information content (AvgIpc) is 3.98. The van der Waals surface area contributed by atoms with Crippen molar-refractivity contribution >= 4 is 107 Å². The number of ether oxygens (including phenoxy) is 4. The fraction of sp³-hybridized carbons (Fsp3) is 0.256. The van der Waals surface area contributed by atoms with Gasteiger partial charge in [0.25, 0.3) is 0 Å². The van der Waals surface area contributed by atoms with E-state index in [1.54, 1.807) is 74.0 Å². The van der Waals surface area contributed by atoms with Crippen LogP contribution in [-0.4, -0.2) is 73.5 Å². The van der Waals surface area contributed by atoms with Gasteiger partial charge in [0.2, 0.25) is 0 Å². The molecule has 1 aliphatic heterocycles. The molecule has 10 nitrogen and oxygen atoms in total. The van der Waals surface area contributed by atoms with Gasteiger partial charge in [0.05, 0.1) is 43.8 Å². The van der Waals surface area contributed by atoms with E-state index in [0.717, 1.165) is 33.6 Å². The normalized spacial score (nSPS) is 11.6. The zero-order valence-corrected chi connectivity index (χ0v) is 43.0. The Balaban J connectivity index is 0.000000360. The third-order valence-electron chi connectivity index (χ3n) is 8.20. The molecule has 1 fully saturated rings. The number of carbonyl (C=O) groups excluding carboxylic acids is 1. The smallest absolute Gasteiger partial charge is 1.00 e. The molecule has 0 amide bonds. The summed E-state index contributed by atoms with van der Waals surface area (Å²) in [5.41, 5.74) is 1.92. The van der Waals surface area contributed by atoms with E-state index in [2.05, 4.69) is 42.1 Å². The molecule has 1 N–H and O–H groups in total. The zero-order chi connectivity index (χ0) is 41.8. The number of aromatic nitrogens is 4. The molecule has 18 heteroatoms. The first kappa shape index (κ1) is 54.8. The van der Waals surface area contributed by atoms with Crippen LogP contribution >= 0.6 is 78.3 Å². The van der Waals surface area contributed by atoms with Crippen LogP contribution in [0.1, 0.15) is 61.2 Å². The van der Waals surface area contributed by atoms with E-state index in [1.165, 1.54) is 17.5 Å². The predicted octanol–water partition coefficient (Wildman–Crippen LogP) is 9.32. The summed E-state index contributed by atoms with van der Waals surface area (Å²) in [5, 5.41) is 20.9. The van der Waals surface area contributed by atoms with Crippen molar-refractivity contribution in [2.45, 2.75) is 52.4 Å². The summed E-state index contributed by atoms with van der Waals surface area (Å²) in [5.74, 6) is 0.870. The van der Waals surface area contributed by atoms with Crippen LogP contribution in [0.15, 0.2) is 106 Å². The Morgan fingerprint density at radius 3 is 1.52 bits per heavy atom. The molecule has 1 saturated heterocycles. The number of halogens is 7. The number of aliphatic hydroxyl groups is 1. The largest absolute Gasteiger partial charge is 2.00 e. The number of nitrogens with zero attached hydrogens (tertiary/aromatic N) is 4. The third kappa shape index (κ3) is 16.0. The molecule has 6 aromatic rings. The molecule has 0 spiro atoms. The van der Waals surface area contributed by atoms with Gasteiger partial charge in [-0.25, -0.2) is 14.2 Å². The minimum absolute atomic E-state index is 0. The van der Waals surface area contributed by atoms with Crippen molar-refractivity contribution in [3.63, 3.8) is 0 Å². The Morgan fingerprint density at radius 1 is 0.738 bits per heavy atom.